The second-order valence-electron chi connectivity index (χ2n) is 5.80. The smallest absolute Gasteiger partial charge is 0.0857 e. The molecule has 1 nitrogen and oxygen atoms in total. The second kappa shape index (κ2) is 4.67. The minimum atomic E-state index is -0.311. The van der Waals surface area contributed by atoms with Crippen LogP contribution in [0, 0.1) is 5.41 Å². The molecule has 0 amide bonds. The van der Waals surface area contributed by atoms with Crippen LogP contribution in [0.4, 0.5) is 0 Å². The Bertz CT molecular complexity index is 537. The summed E-state index contributed by atoms with van der Waals surface area (Å²) in [6.45, 7) is 2.25. The van der Waals surface area contributed by atoms with Crippen LogP contribution in [0.1, 0.15) is 50.7 Å². The van der Waals surface area contributed by atoms with Crippen LogP contribution in [0.5, 0.6) is 0 Å². The lowest BCUT2D eigenvalue weighted by molar-refractivity contribution is 0.00943. The van der Waals surface area contributed by atoms with Gasteiger partial charge in [-0.3, -0.25) is 0 Å². The third-order valence-electron chi connectivity index (χ3n) is 4.46. The number of thiophene rings is 1. The maximum Gasteiger partial charge on any atom is 0.0857 e. The van der Waals surface area contributed by atoms with Crippen molar-refractivity contribution in [2.24, 2.45) is 5.41 Å². The lowest BCUT2D eigenvalue weighted by Gasteiger charge is -2.38. The van der Waals surface area contributed by atoms with Crippen molar-refractivity contribution in [2.75, 3.05) is 0 Å². The predicted molar refractivity (Wildman–Crippen MR) is 78.0 cm³/mol. The first kappa shape index (κ1) is 12.2. The topological polar surface area (TPSA) is 20.2 Å². The summed E-state index contributed by atoms with van der Waals surface area (Å²) in [5.41, 5.74) is 1.21. The molecule has 2 aromatic rings. The van der Waals surface area contributed by atoms with Gasteiger partial charge in [0.1, 0.15) is 0 Å². The molecule has 18 heavy (non-hydrogen) atoms. The molecule has 1 aliphatic rings. The largest absolute Gasteiger partial charge is 0.388 e. The molecule has 1 heterocycles. The molecule has 96 valence electrons. The van der Waals surface area contributed by atoms with Crippen molar-refractivity contribution in [1.29, 1.82) is 0 Å². The summed E-state index contributed by atoms with van der Waals surface area (Å²) in [6.07, 6.45) is 5.84. The average Bonchev–Trinajstić information content (AvgIpc) is 2.82. The molecular formula is C16H20OS. The van der Waals surface area contributed by atoms with Crippen LogP contribution in [-0.4, -0.2) is 5.11 Å². The first-order valence-electron chi connectivity index (χ1n) is 6.85. The van der Waals surface area contributed by atoms with Gasteiger partial charge in [0.15, 0.2) is 0 Å². The van der Waals surface area contributed by atoms with Gasteiger partial charge in [0, 0.05) is 4.70 Å². The summed E-state index contributed by atoms with van der Waals surface area (Å²) < 4.78 is 1.28. The standard InChI is InChI=1S/C16H20OS/c1-16(9-5-2-6-10-16)15(17)13-11-18-14-8-4-3-7-12(13)14/h3-4,7-8,11,15,17H,2,5-6,9-10H2,1H3. The van der Waals surface area contributed by atoms with Crippen molar-refractivity contribution in [3.05, 3.63) is 35.2 Å². The lowest BCUT2D eigenvalue weighted by Crippen LogP contribution is -2.28. The second-order valence-corrected chi connectivity index (χ2v) is 6.72. The van der Waals surface area contributed by atoms with E-state index in [9.17, 15) is 5.11 Å². The maximum atomic E-state index is 10.8. The molecule has 0 spiro atoms. The van der Waals surface area contributed by atoms with Crippen LogP contribution in [-0.2, 0) is 0 Å². The summed E-state index contributed by atoms with van der Waals surface area (Å²) in [5, 5.41) is 14.2. The van der Waals surface area contributed by atoms with E-state index >= 15 is 0 Å². The highest BCUT2D eigenvalue weighted by Gasteiger charge is 2.36. The average molecular weight is 260 g/mol. The van der Waals surface area contributed by atoms with E-state index in [-0.39, 0.29) is 11.5 Å². The molecule has 2 heteroatoms. The van der Waals surface area contributed by atoms with E-state index in [2.05, 4.69) is 36.6 Å². The predicted octanol–water partition coefficient (Wildman–Crippen LogP) is 4.91. The quantitative estimate of drug-likeness (QED) is 0.813. The zero-order valence-electron chi connectivity index (χ0n) is 10.9. The van der Waals surface area contributed by atoms with E-state index in [0.29, 0.717) is 0 Å². The number of benzene rings is 1. The number of hydrogen-bond donors (Lipinski definition) is 1. The number of fused-ring (bicyclic) bond motifs is 1. The number of hydrogen-bond acceptors (Lipinski definition) is 2. The fraction of sp³-hybridized carbons (Fsp3) is 0.500. The number of aliphatic hydroxyl groups is 1. The number of aliphatic hydroxyl groups excluding tert-OH is 1. The molecule has 0 radical (unpaired) electrons. The summed E-state index contributed by atoms with van der Waals surface area (Å²) >= 11 is 1.74. The molecular weight excluding hydrogens is 240 g/mol. The molecule has 1 aromatic heterocycles. The van der Waals surface area contributed by atoms with E-state index in [1.807, 2.05) is 0 Å². The first-order chi connectivity index (χ1) is 8.71. The van der Waals surface area contributed by atoms with Gasteiger partial charge in [-0.15, -0.1) is 11.3 Å². The van der Waals surface area contributed by atoms with Crippen molar-refractivity contribution in [3.8, 4) is 0 Å². The minimum absolute atomic E-state index is 0.0715. The Balaban J connectivity index is 1.98. The monoisotopic (exact) mass is 260 g/mol. The van der Waals surface area contributed by atoms with Crippen LogP contribution in [0.3, 0.4) is 0 Å². The summed E-state index contributed by atoms with van der Waals surface area (Å²) in [5.74, 6) is 0. The molecule has 0 saturated heterocycles. The zero-order valence-corrected chi connectivity index (χ0v) is 11.7. The molecule has 3 rings (SSSR count). The van der Waals surface area contributed by atoms with Gasteiger partial charge in [-0.1, -0.05) is 44.4 Å². The molecule has 1 aliphatic carbocycles. The molecule has 1 fully saturated rings. The van der Waals surface area contributed by atoms with Gasteiger partial charge >= 0.3 is 0 Å². The fourth-order valence-electron chi connectivity index (χ4n) is 3.22. The van der Waals surface area contributed by atoms with Crippen LogP contribution in [0.15, 0.2) is 29.6 Å². The van der Waals surface area contributed by atoms with Gasteiger partial charge in [-0.25, -0.2) is 0 Å². The third kappa shape index (κ3) is 1.98. The fourth-order valence-corrected chi connectivity index (χ4v) is 4.20. The van der Waals surface area contributed by atoms with Crippen molar-refractivity contribution in [1.82, 2.24) is 0 Å². The van der Waals surface area contributed by atoms with Gasteiger partial charge in [0.25, 0.3) is 0 Å². The van der Waals surface area contributed by atoms with E-state index < -0.39 is 0 Å². The maximum absolute atomic E-state index is 10.8. The number of rotatable bonds is 2. The Morgan fingerprint density at radius 2 is 1.89 bits per heavy atom. The van der Waals surface area contributed by atoms with E-state index in [4.69, 9.17) is 0 Å². The van der Waals surface area contributed by atoms with E-state index in [1.165, 1.54) is 29.3 Å². The van der Waals surface area contributed by atoms with Gasteiger partial charge < -0.3 is 5.11 Å². The van der Waals surface area contributed by atoms with Crippen LogP contribution < -0.4 is 0 Å². The van der Waals surface area contributed by atoms with Crippen molar-refractivity contribution in [2.45, 2.75) is 45.1 Å². The van der Waals surface area contributed by atoms with Crippen molar-refractivity contribution >= 4 is 21.4 Å². The lowest BCUT2D eigenvalue weighted by atomic mass is 9.70. The molecule has 1 atom stereocenters. The molecule has 0 aliphatic heterocycles. The Hall–Kier alpha value is -0.860. The summed E-state index contributed by atoms with van der Waals surface area (Å²) in [6, 6.07) is 8.40. The third-order valence-corrected chi connectivity index (χ3v) is 5.44. The normalized spacial score (nSPS) is 21.0. The van der Waals surface area contributed by atoms with Crippen LogP contribution >= 0.6 is 11.3 Å². The Kier molecular flexibility index (Phi) is 3.16. The van der Waals surface area contributed by atoms with Crippen LogP contribution in [0.2, 0.25) is 0 Å². The van der Waals surface area contributed by atoms with Gasteiger partial charge in [-0.2, -0.15) is 0 Å². The molecule has 0 bridgehead atoms. The Morgan fingerprint density at radius 1 is 1.17 bits per heavy atom. The van der Waals surface area contributed by atoms with E-state index in [1.54, 1.807) is 11.3 Å². The highest BCUT2D eigenvalue weighted by Crippen LogP contribution is 2.47. The van der Waals surface area contributed by atoms with Crippen molar-refractivity contribution in [3.63, 3.8) is 0 Å². The minimum Gasteiger partial charge on any atom is -0.388 e. The summed E-state index contributed by atoms with van der Waals surface area (Å²) in [7, 11) is 0. The zero-order chi connectivity index (χ0) is 12.6. The summed E-state index contributed by atoms with van der Waals surface area (Å²) in [4.78, 5) is 0. The van der Waals surface area contributed by atoms with Gasteiger partial charge in [-0.05, 0) is 40.7 Å². The Labute approximate surface area is 112 Å². The first-order valence-corrected chi connectivity index (χ1v) is 7.73. The van der Waals surface area contributed by atoms with Gasteiger partial charge in [0.2, 0.25) is 0 Å². The van der Waals surface area contributed by atoms with Gasteiger partial charge in [0.05, 0.1) is 6.10 Å². The molecule has 1 saturated carbocycles. The SMILES string of the molecule is CC1(C(O)c2csc3ccccc23)CCCCC1. The molecule has 1 unspecified atom stereocenters. The molecule has 1 aromatic carbocycles. The molecule has 1 N–H and O–H groups in total. The Morgan fingerprint density at radius 3 is 2.67 bits per heavy atom. The highest BCUT2D eigenvalue weighted by atomic mass is 32.1. The van der Waals surface area contributed by atoms with E-state index in [0.717, 1.165) is 18.4 Å². The van der Waals surface area contributed by atoms with Crippen molar-refractivity contribution < 1.29 is 5.11 Å². The van der Waals surface area contributed by atoms with Crippen LogP contribution in [0.25, 0.3) is 10.1 Å². The highest BCUT2D eigenvalue weighted by molar-refractivity contribution is 7.17.